The molecule has 0 unspecified atom stereocenters. The molecule has 0 aliphatic rings. The first-order valence-electron chi connectivity index (χ1n) is 4.87. The van der Waals surface area contributed by atoms with Gasteiger partial charge in [0.1, 0.15) is 6.10 Å². The number of benzene rings is 1. The van der Waals surface area contributed by atoms with Crippen LogP contribution < -0.4 is 0 Å². The summed E-state index contributed by atoms with van der Waals surface area (Å²) in [4.78, 5) is 21.5. The van der Waals surface area contributed by atoms with E-state index in [-0.39, 0.29) is 17.7 Å². The van der Waals surface area contributed by atoms with E-state index >= 15 is 0 Å². The van der Waals surface area contributed by atoms with Gasteiger partial charge in [0.2, 0.25) is 0 Å². The number of non-ortho nitro benzene ring substituents is 1. The summed E-state index contributed by atoms with van der Waals surface area (Å²) in [5.41, 5.74) is -0.0728. The first-order chi connectivity index (χ1) is 8.04. The van der Waals surface area contributed by atoms with Crippen molar-refractivity contribution in [1.82, 2.24) is 0 Å². The number of nitro benzene ring substituents is 1. The van der Waals surface area contributed by atoms with Gasteiger partial charge in [-0.15, -0.1) is 0 Å². The highest BCUT2D eigenvalue weighted by atomic mass is 16.6. The van der Waals surface area contributed by atoms with Crippen molar-refractivity contribution in [2.75, 3.05) is 0 Å². The molecule has 0 saturated carbocycles. The number of carbonyl (C=O) groups excluding carboxylic acids is 1. The first-order valence-corrected chi connectivity index (χ1v) is 4.87. The monoisotopic (exact) mass is 234 g/mol. The highest BCUT2D eigenvalue weighted by Gasteiger charge is 2.14. The lowest BCUT2D eigenvalue weighted by molar-refractivity contribution is -0.384. The second kappa shape index (κ2) is 5.61. The molecular weight excluding hydrogens is 224 g/mol. The quantitative estimate of drug-likeness (QED) is 0.451. The van der Waals surface area contributed by atoms with E-state index in [1.807, 2.05) is 6.07 Å². The zero-order valence-corrected chi connectivity index (χ0v) is 9.12. The SMILES string of the molecule is C[C@H](CC#N)OC(=O)c1cccc([N+](=O)[O-])c1. The van der Waals surface area contributed by atoms with Crippen molar-refractivity contribution in [3.63, 3.8) is 0 Å². The minimum atomic E-state index is -0.670. The molecule has 0 fully saturated rings. The molecule has 0 heterocycles. The molecule has 0 aliphatic carbocycles. The molecule has 0 N–H and O–H groups in total. The summed E-state index contributed by atoms with van der Waals surface area (Å²) in [6.45, 7) is 1.58. The van der Waals surface area contributed by atoms with Crippen molar-refractivity contribution in [2.24, 2.45) is 0 Å². The normalized spacial score (nSPS) is 11.3. The average molecular weight is 234 g/mol. The molecule has 1 rings (SSSR count). The minimum absolute atomic E-state index is 0.0840. The summed E-state index contributed by atoms with van der Waals surface area (Å²) in [5.74, 6) is -0.670. The molecule has 17 heavy (non-hydrogen) atoms. The maximum atomic E-state index is 11.6. The molecule has 0 aliphatic heterocycles. The van der Waals surface area contributed by atoms with Gasteiger partial charge < -0.3 is 4.74 Å². The standard InChI is InChI=1S/C11H10N2O4/c1-8(5-6-12)17-11(14)9-3-2-4-10(7-9)13(15)16/h2-4,7-8H,5H2,1H3/t8-/m1/s1. The molecule has 0 spiro atoms. The zero-order valence-electron chi connectivity index (χ0n) is 9.12. The smallest absolute Gasteiger partial charge is 0.338 e. The Bertz CT molecular complexity index is 479. The Balaban J connectivity index is 2.79. The number of hydrogen-bond donors (Lipinski definition) is 0. The van der Waals surface area contributed by atoms with Crippen molar-refractivity contribution in [1.29, 1.82) is 5.26 Å². The predicted molar refractivity (Wildman–Crippen MR) is 58.2 cm³/mol. The molecule has 0 amide bonds. The topological polar surface area (TPSA) is 93.2 Å². The minimum Gasteiger partial charge on any atom is -0.458 e. The Labute approximate surface area is 97.6 Å². The van der Waals surface area contributed by atoms with Crippen LogP contribution in [-0.2, 0) is 4.74 Å². The van der Waals surface area contributed by atoms with Gasteiger partial charge in [0.15, 0.2) is 0 Å². The van der Waals surface area contributed by atoms with Gasteiger partial charge >= 0.3 is 5.97 Å². The zero-order chi connectivity index (χ0) is 12.8. The van der Waals surface area contributed by atoms with Crippen LogP contribution in [-0.4, -0.2) is 17.0 Å². The van der Waals surface area contributed by atoms with Gasteiger partial charge in [-0.2, -0.15) is 5.26 Å². The van der Waals surface area contributed by atoms with E-state index in [2.05, 4.69) is 0 Å². The summed E-state index contributed by atoms with van der Waals surface area (Å²) >= 11 is 0. The van der Waals surface area contributed by atoms with Crippen LogP contribution in [0.15, 0.2) is 24.3 Å². The number of nitro groups is 1. The van der Waals surface area contributed by atoms with E-state index in [1.165, 1.54) is 18.2 Å². The van der Waals surface area contributed by atoms with Crippen LogP contribution in [0.1, 0.15) is 23.7 Å². The number of hydrogen-bond acceptors (Lipinski definition) is 5. The summed E-state index contributed by atoms with van der Waals surface area (Å²) in [6, 6.07) is 7.13. The largest absolute Gasteiger partial charge is 0.458 e. The van der Waals surface area contributed by atoms with E-state index < -0.39 is 17.0 Å². The first kappa shape index (κ1) is 12.6. The molecule has 0 radical (unpaired) electrons. The van der Waals surface area contributed by atoms with Gasteiger partial charge in [-0.05, 0) is 13.0 Å². The van der Waals surface area contributed by atoms with Crippen LogP contribution in [0, 0.1) is 21.4 Å². The van der Waals surface area contributed by atoms with Crippen LogP contribution >= 0.6 is 0 Å². The molecule has 6 heteroatoms. The fourth-order valence-electron chi connectivity index (χ4n) is 1.17. The summed E-state index contributed by atoms with van der Waals surface area (Å²) in [5, 5.41) is 18.9. The van der Waals surface area contributed by atoms with Crippen molar-refractivity contribution in [2.45, 2.75) is 19.4 Å². The van der Waals surface area contributed by atoms with Gasteiger partial charge in [0, 0.05) is 12.1 Å². The van der Waals surface area contributed by atoms with E-state index in [1.54, 1.807) is 6.92 Å². The molecular formula is C11H10N2O4. The van der Waals surface area contributed by atoms with Crippen molar-refractivity contribution in [3.05, 3.63) is 39.9 Å². The lowest BCUT2D eigenvalue weighted by Crippen LogP contribution is -2.14. The lowest BCUT2D eigenvalue weighted by Gasteiger charge is -2.09. The third-order valence-electron chi connectivity index (χ3n) is 1.98. The number of carbonyl (C=O) groups is 1. The molecule has 1 aromatic rings. The predicted octanol–water partition coefficient (Wildman–Crippen LogP) is 2.05. The van der Waals surface area contributed by atoms with Crippen LogP contribution in [0.3, 0.4) is 0 Å². The molecule has 1 atom stereocenters. The fraction of sp³-hybridized carbons (Fsp3) is 0.273. The highest BCUT2D eigenvalue weighted by Crippen LogP contribution is 2.14. The maximum absolute atomic E-state index is 11.6. The van der Waals surface area contributed by atoms with E-state index in [0.717, 1.165) is 6.07 Å². The highest BCUT2D eigenvalue weighted by molar-refractivity contribution is 5.90. The number of nitriles is 1. The van der Waals surface area contributed by atoms with Gasteiger partial charge in [0.25, 0.3) is 5.69 Å². The molecule has 88 valence electrons. The number of ether oxygens (including phenoxy) is 1. The van der Waals surface area contributed by atoms with Crippen LogP contribution in [0.5, 0.6) is 0 Å². The molecule has 0 saturated heterocycles. The van der Waals surface area contributed by atoms with Gasteiger partial charge in [0.05, 0.1) is 23.0 Å². The van der Waals surface area contributed by atoms with Gasteiger partial charge in [-0.1, -0.05) is 6.07 Å². The van der Waals surface area contributed by atoms with Gasteiger partial charge in [-0.25, -0.2) is 4.79 Å². The number of nitrogens with zero attached hydrogens (tertiary/aromatic N) is 2. The Morgan fingerprint density at radius 2 is 2.35 bits per heavy atom. The van der Waals surface area contributed by atoms with Crippen LogP contribution in [0.25, 0.3) is 0 Å². The van der Waals surface area contributed by atoms with Crippen molar-refractivity contribution in [3.8, 4) is 6.07 Å². The second-order valence-electron chi connectivity index (χ2n) is 3.39. The summed E-state index contributed by atoms with van der Waals surface area (Å²) in [6.07, 6.45) is -0.451. The Morgan fingerprint density at radius 1 is 1.65 bits per heavy atom. The van der Waals surface area contributed by atoms with E-state index in [0.29, 0.717) is 0 Å². The van der Waals surface area contributed by atoms with Crippen LogP contribution in [0.4, 0.5) is 5.69 Å². The Morgan fingerprint density at radius 3 is 2.94 bits per heavy atom. The third-order valence-corrected chi connectivity index (χ3v) is 1.98. The molecule has 6 nitrogen and oxygen atoms in total. The average Bonchev–Trinajstić information content (AvgIpc) is 2.29. The lowest BCUT2D eigenvalue weighted by atomic mass is 10.2. The van der Waals surface area contributed by atoms with E-state index in [9.17, 15) is 14.9 Å². The third kappa shape index (κ3) is 3.57. The second-order valence-corrected chi connectivity index (χ2v) is 3.39. The summed E-state index contributed by atoms with van der Waals surface area (Å²) in [7, 11) is 0. The van der Waals surface area contributed by atoms with E-state index in [4.69, 9.17) is 10.00 Å². The van der Waals surface area contributed by atoms with Gasteiger partial charge in [-0.3, -0.25) is 10.1 Å². The summed E-state index contributed by atoms with van der Waals surface area (Å²) < 4.78 is 4.93. The maximum Gasteiger partial charge on any atom is 0.338 e. The molecule has 0 bridgehead atoms. The Hall–Kier alpha value is -2.42. The number of rotatable bonds is 4. The number of esters is 1. The fourth-order valence-corrected chi connectivity index (χ4v) is 1.17. The molecule has 1 aromatic carbocycles. The van der Waals surface area contributed by atoms with Crippen molar-refractivity contribution >= 4 is 11.7 Å². The Kier molecular flexibility index (Phi) is 4.17. The molecule has 0 aromatic heterocycles. The van der Waals surface area contributed by atoms with Crippen molar-refractivity contribution < 1.29 is 14.5 Å². The van der Waals surface area contributed by atoms with Crippen LogP contribution in [0.2, 0.25) is 0 Å².